The predicted octanol–water partition coefficient (Wildman–Crippen LogP) is 4.04. The van der Waals surface area contributed by atoms with Gasteiger partial charge in [0.1, 0.15) is 0 Å². The zero-order valence-electron chi connectivity index (χ0n) is 11.3. The van der Waals surface area contributed by atoms with E-state index in [1.165, 1.54) is 31.2 Å². The Bertz CT molecular complexity index is 405. The van der Waals surface area contributed by atoms with Gasteiger partial charge in [0.15, 0.2) is 0 Å². The van der Waals surface area contributed by atoms with Crippen LogP contribution in [0.3, 0.4) is 0 Å². The predicted molar refractivity (Wildman–Crippen MR) is 81.4 cm³/mol. The topological polar surface area (TPSA) is 29.3 Å². The molecule has 1 aliphatic carbocycles. The summed E-state index contributed by atoms with van der Waals surface area (Å²) in [6.07, 6.45) is 5.45. The first-order valence-corrected chi connectivity index (χ1v) is 7.59. The Morgan fingerprint density at radius 3 is 2.83 bits per heavy atom. The van der Waals surface area contributed by atoms with E-state index in [-0.39, 0.29) is 0 Å². The average molecular weight is 311 g/mol. The van der Waals surface area contributed by atoms with Crippen LogP contribution in [0.4, 0.5) is 5.69 Å². The van der Waals surface area contributed by atoms with E-state index >= 15 is 0 Å². The van der Waals surface area contributed by atoms with Crippen LogP contribution < -0.4 is 5.73 Å². The number of hydrogen-bond acceptors (Lipinski definition) is 2. The lowest BCUT2D eigenvalue weighted by molar-refractivity contribution is 0.158. The van der Waals surface area contributed by atoms with Crippen molar-refractivity contribution in [1.82, 2.24) is 4.90 Å². The fraction of sp³-hybridized carbons (Fsp3) is 0.600. The van der Waals surface area contributed by atoms with E-state index < -0.39 is 0 Å². The fourth-order valence-electron chi connectivity index (χ4n) is 2.91. The Hall–Kier alpha value is -0.540. The lowest BCUT2D eigenvalue weighted by atomic mass is 9.86. The first-order chi connectivity index (χ1) is 8.56. The molecule has 1 aromatic rings. The highest BCUT2D eigenvalue weighted by Crippen LogP contribution is 2.28. The molecule has 0 heterocycles. The average Bonchev–Trinajstić information content (AvgIpc) is 2.34. The van der Waals surface area contributed by atoms with Gasteiger partial charge in [-0.3, -0.25) is 4.90 Å². The van der Waals surface area contributed by atoms with Crippen LogP contribution in [0.2, 0.25) is 0 Å². The third-order valence-electron chi connectivity index (χ3n) is 4.02. The number of anilines is 1. The number of hydrogen-bond donors (Lipinski definition) is 1. The third kappa shape index (κ3) is 3.48. The highest BCUT2D eigenvalue weighted by atomic mass is 79.9. The zero-order chi connectivity index (χ0) is 13.1. The van der Waals surface area contributed by atoms with E-state index in [1.54, 1.807) is 0 Å². The van der Waals surface area contributed by atoms with E-state index in [0.717, 1.165) is 28.7 Å². The van der Waals surface area contributed by atoms with Gasteiger partial charge in [-0.25, -0.2) is 0 Å². The van der Waals surface area contributed by atoms with Gasteiger partial charge in [0.05, 0.1) is 0 Å². The quantitative estimate of drug-likeness (QED) is 0.854. The summed E-state index contributed by atoms with van der Waals surface area (Å²) in [5.74, 6) is 0.876. The van der Waals surface area contributed by atoms with Crippen molar-refractivity contribution in [3.8, 4) is 0 Å². The van der Waals surface area contributed by atoms with Gasteiger partial charge < -0.3 is 5.73 Å². The molecule has 1 saturated carbocycles. The van der Waals surface area contributed by atoms with Crippen LogP contribution in [0, 0.1) is 5.92 Å². The summed E-state index contributed by atoms with van der Waals surface area (Å²) in [5.41, 5.74) is 8.07. The second-order valence-electron chi connectivity index (χ2n) is 5.70. The molecule has 0 saturated heterocycles. The SMILES string of the molecule is CC1CCCC(N(C)Cc2ccc(Br)c(N)c2)C1. The number of benzene rings is 1. The summed E-state index contributed by atoms with van der Waals surface area (Å²) in [7, 11) is 2.24. The maximum atomic E-state index is 5.93. The van der Waals surface area contributed by atoms with Crippen LogP contribution in [0.5, 0.6) is 0 Å². The molecule has 2 unspecified atom stereocenters. The van der Waals surface area contributed by atoms with E-state index in [2.05, 4.69) is 46.9 Å². The van der Waals surface area contributed by atoms with Gasteiger partial charge in [0.25, 0.3) is 0 Å². The Labute approximate surface area is 119 Å². The molecule has 1 aliphatic rings. The first-order valence-electron chi connectivity index (χ1n) is 6.80. The molecule has 18 heavy (non-hydrogen) atoms. The standard InChI is InChI=1S/C15H23BrN2/c1-11-4-3-5-13(8-11)18(2)10-12-6-7-14(16)15(17)9-12/h6-7,9,11,13H,3-5,8,10,17H2,1-2H3. The number of halogens is 1. The molecular weight excluding hydrogens is 288 g/mol. The van der Waals surface area contributed by atoms with Crippen molar-refractivity contribution in [1.29, 1.82) is 0 Å². The second-order valence-corrected chi connectivity index (χ2v) is 6.55. The number of rotatable bonds is 3. The molecule has 2 N–H and O–H groups in total. The van der Waals surface area contributed by atoms with Crippen molar-refractivity contribution in [2.45, 2.75) is 45.2 Å². The minimum atomic E-state index is 0.735. The Kier molecular flexibility index (Phi) is 4.68. The van der Waals surface area contributed by atoms with Crippen molar-refractivity contribution >= 4 is 21.6 Å². The van der Waals surface area contributed by atoms with Crippen molar-refractivity contribution in [3.63, 3.8) is 0 Å². The third-order valence-corrected chi connectivity index (χ3v) is 4.75. The summed E-state index contributed by atoms with van der Waals surface area (Å²) >= 11 is 3.44. The van der Waals surface area contributed by atoms with Crippen LogP contribution in [-0.2, 0) is 6.54 Å². The molecule has 3 heteroatoms. The molecule has 0 bridgehead atoms. The van der Waals surface area contributed by atoms with Crippen LogP contribution in [0.15, 0.2) is 22.7 Å². The fourth-order valence-corrected chi connectivity index (χ4v) is 3.16. The highest BCUT2D eigenvalue weighted by molar-refractivity contribution is 9.10. The van der Waals surface area contributed by atoms with Crippen molar-refractivity contribution in [3.05, 3.63) is 28.2 Å². The van der Waals surface area contributed by atoms with E-state index in [0.29, 0.717) is 0 Å². The summed E-state index contributed by atoms with van der Waals surface area (Å²) in [6.45, 7) is 3.37. The van der Waals surface area contributed by atoms with Gasteiger partial charge in [0, 0.05) is 22.7 Å². The summed E-state index contributed by atoms with van der Waals surface area (Å²) < 4.78 is 0.986. The molecular formula is C15H23BrN2. The Morgan fingerprint density at radius 1 is 1.39 bits per heavy atom. The molecule has 2 atom stereocenters. The Balaban J connectivity index is 1.97. The van der Waals surface area contributed by atoms with Gasteiger partial charge in [-0.05, 0) is 59.4 Å². The lowest BCUT2D eigenvalue weighted by Gasteiger charge is -2.34. The van der Waals surface area contributed by atoms with Crippen molar-refractivity contribution < 1.29 is 0 Å². The largest absolute Gasteiger partial charge is 0.398 e. The van der Waals surface area contributed by atoms with Gasteiger partial charge in [-0.1, -0.05) is 25.8 Å². The summed E-state index contributed by atoms with van der Waals surface area (Å²) in [5, 5.41) is 0. The van der Waals surface area contributed by atoms with Gasteiger partial charge in [-0.2, -0.15) is 0 Å². The molecule has 1 fully saturated rings. The molecule has 2 rings (SSSR count). The number of nitrogens with two attached hydrogens (primary N) is 1. The van der Waals surface area contributed by atoms with Gasteiger partial charge in [0.2, 0.25) is 0 Å². The molecule has 1 aromatic carbocycles. The van der Waals surface area contributed by atoms with Crippen LogP contribution >= 0.6 is 15.9 Å². The van der Waals surface area contributed by atoms with Gasteiger partial charge in [-0.15, -0.1) is 0 Å². The van der Waals surface area contributed by atoms with Crippen molar-refractivity contribution in [2.75, 3.05) is 12.8 Å². The number of nitrogens with zero attached hydrogens (tertiary/aromatic N) is 1. The summed E-state index contributed by atoms with van der Waals surface area (Å²) in [6, 6.07) is 7.01. The van der Waals surface area contributed by atoms with Crippen LogP contribution in [0.1, 0.15) is 38.2 Å². The van der Waals surface area contributed by atoms with Gasteiger partial charge >= 0.3 is 0 Å². The van der Waals surface area contributed by atoms with E-state index in [9.17, 15) is 0 Å². The highest BCUT2D eigenvalue weighted by Gasteiger charge is 2.22. The first kappa shape index (κ1) is 13.9. The van der Waals surface area contributed by atoms with E-state index in [4.69, 9.17) is 5.73 Å². The van der Waals surface area contributed by atoms with Crippen LogP contribution in [0.25, 0.3) is 0 Å². The monoisotopic (exact) mass is 310 g/mol. The summed E-state index contributed by atoms with van der Waals surface area (Å²) in [4.78, 5) is 2.48. The molecule has 0 aromatic heterocycles. The molecule has 2 nitrogen and oxygen atoms in total. The van der Waals surface area contributed by atoms with Crippen molar-refractivity contribution in [2.24, 2.45) is 5.92 Å². The van der Waals surface area contributed by atoms with E-state index in [1.807, 2.05) is 6.07 Å². The zero-order valence-corrected chi connectivity index (χ0v) is 12.9. The Morgan fingerprint density at radius 2 is 2.17 bits per heavy atom. The minimum Gasteiger partial charge on any atom is -0.398 e. The lowest BCUT2D eigenvalue weighted by Crippen LogP contribution is -2.35. The normalized spacial score (nSPS) is 24.4. The molecule has 0 radical (unpaired) electrons. The molecule has 0 amide bonds. The minimum absolute atomic E-state index is 0.735. The number of nitrogen functional groups attached to an aromatic ring is 1. The molecule has 100 valence electrons. The molecule has 0 spiro atoms. The molecule has 0 aliphatic heterocycles. The second kappa shape index (κ2) is 6.07. The maximum absolute atomic E-state index is 5.93. The van der Waals surface area contributed by atoms with Crippen LogP contribution in [-0.4, -0.2) is 18.0 Å². The smallest absolute Gasteiger partial charge is 0.0461 e. The maximum Gasteiger partial charge on any atom is 0.0461 e.